The topological polar surface area (TPSA) is 49.4 Å². The molecule has 0 radical (unpaired) electrons. The number of nitrogens with zero attached hydrogens (tertiary/aromatic N) is 1. The number of nitrogens with one attached hydrogen (secondary N) is 1. The van der Waals surface area contributed by atoms with Gasteiger partial charge in [-0.05, 0) is 36.9 Å². The summed E-state index contributed by atoms with van der Waals surface area (Å²) < 4.78 is 26.5. The van der Waals surface area contributed by atoms with Crippen LogP contribution in [0.5, 0.6) is 0 Å². The van der Waals surface area contributed by atoms with Crippen molar-refractivity contribution in [3.05, 3.63) is 21.9 Å². The second-order valence-corrected chi connectivity index (χ2v) is 7.97. The fourth-order valence-electron chi connectivity index (χ4n) is 2.15. The van der Waals surface area contributed by atoms with E-state index in [9.17, 15) is 8.42 Å². The van der Waals surface area contributed by atoms with E-state index in [4.69, 9.17) is 0 Å². The zero-order valence-corrected chi connectivity index (χ0v) is 12.5. The highest BCUT2D eigenvalue weighted by atomic mass is 32.2. The summed E-state index contributed by atoms with van der Waals surface area (Å²) in [6.45, 7) is 6.24. The number of thiophene rings is 1. The van der Waals surface area contributed by atoms with E-state index >= 15 is 0 Å². The molecule has 2 rings (SSSR count). The lowest BCUT2D eigenvalue weighted by Crippen LogP contribution is -2.43. The molecule has 0 spiro atoms. The first-order valence-electron chi connectivity index (χ1n) is 6.30. The van der Waals surface area contributed by atoms with Gasteiger partial charge in [-0.3, -0.25) is 0 Å². The number of rotatable bonds is 5. The molecule has 0 bridgehead atoms. The maximum Gasteiger partial charge on any atom is 0.218 e. The van der Waals surface area contributed by atoms with Crippen LogP contribution in [0.25, 0.3) is 0 Å². The molecule has 4 nitrogen and oxygen atoms in total. The van der Waals surface area contributed by atoms with Gasteiger partial charge in [-0.25, -0.2) is 8.42 Å². The van der Waals surface area contributed by atoms with Crippen LogP contribution >= 0.6 is 11.3 Å². The van der Waals surface area contributed by atoms with Crippen LogP contribution in [0.15, 0.2) is 11.4 Å². The number of hydrogen-bond acceptors (Lipinski definition) is 4. The normalized spacial score (nSPS) is 18.6. The van der Waals surface area contributed by atoms with Gasteiger partial charge in [0.1, 0.15) is 0 Å². The third-order valence-electron chi connectivity index (χ3n) is 3.32. The van der Waals surface area contributed by atoms with Gasteiger partial charge in [-0.2, -0.15) is 4.31 Å². The van der Waals surface area contributed by atoms with Gasteiger partial charge in [0.05, 0.1) is 5.25 Å². The summed E-state index contributed by atoms with van der Waals surface area (Å²) in [7, 11) is -3.18. The molecule has 2 heterocycles. The van der Waals surface area contributed by atoms with E-state index < -0.39 is 10.0 Å². The molecule has 1 unspecified atom stereocenters. The summed E-state index contributed by atoms with van der Waals surface area (Å²) in [5, 5.41) is 4.78. The maximum atomic E-state index is 12.4. The molecule has 1 atom stereocenters. The van der Waals surface area contributed by atoms with Gasteiger partial charge in [0.2, 0.25) is 10.0 Å². The molecule has 0 amide bonds. The van der Waals surface area contributed by atoms with Gasteiger partial charge in [-0.15, -0.1) is 11.3 Å². The fraction of sp³-hybridized carbons (Fsp3) is 0.667. The van der Waals surface area contributed by atoms with Crippen LogP contribution in [0.2, 0.25) is 0 Å². The Balaban J connectivity index is 2.08. The molecule has 0 aromatic carbocycles. The minimum atomic E-state index is -3.18. The van der Waals surface area contributed by atoms with Crippen LogP contribution in [0, 0.1) is 0 Å². The highest BCUT2D eigenvalue weighted by Crippen LogP contribution is 2.26. The molecule has 0 saturated carbocycles. The van der Waals surface area contributed by atoms with Crippen LogP contribution in [0.3, 0.4) is 0 Å². The molecule has 1 aromatic heterocycles. The maximum absolute atomic E-state index is 12.4. The minimum absolute atomic E-state index is 0.363. The first kappa shape index (κ1) is 14.0. The lowest BCUT2D eigenvalue weighted by molar-refractivity contribution is 0.387. The monoisotopic (exact) mass is 288 g/mol. The Morgan fingerprint density at radius 1 is 1.56 bits per heavy atom. The van der Waals surface area contributed by atoms with Crippen molar-refractivity contribution in [1.82, 2.24) is 9.62 Å². The highest BCUT2D eigenvalue weighted by molar-refractivity contribution is 7.89. The Morgan fingerprint density at radius 3 is 3.06 bits per heavy atom. The average molecular weight is 288 g/mol. The fourth-order valence-corrected chi connectivity index (χ4v) is 4.54. The second kappa shape index (κ2) is 5.69. The van der Waals surface area contributed by atoms with Gasteiger partial charge >= 0.3 is 0 Å². The molecule has 1 aliphatic heterocycles. The zero-order valence-electron chi connectivity index (χ0n) is 10.8. The molecule has 0 fully saturated rings. The van der Waals surface area contributed by atoms with Gasteiger partial charge in [0, 0.05) is 24.5 Å². The van der Waals surface area contributed by atoms with E-state index in [-0.39, 0.29) is 5.25 Å². The van der Waals surface area contributed by atoms with E-state index in [1.165, 1.54) is 10.4 Å². The van der Waals surface area contributed by atoms with Crippen molar-refractivity contribution in [2.75, 3.05) is 19.6 Å². The van der Waals surface area contributed by atoms with Crippen LogP contribution < -0.4 is 5.32 Å². The summed E-state index contributed by atoms with van der Waals surface area (Å²) in [5.74, 6) is 0. The molecule has 1 aromatic rings. The average Bonchev–Trinajstić information content (AvgIpc) is 2.82. The summed E-state index contributed by atoms with van der Waals surface area (Å²) >= 11 is 1.73. The van der Waals surface area contributed by atoms with E-state index in [1.807, 2.05) is 18.4 Å². The lowest BCUT2D eigenvalue weighted by Gasteiger charge is -2.29. The SMILES string of the molecule is CCNCC(C)S(=O)(=O)N1CCc2sccc2C1. The Kier molecular flexibility index (Phi) is 4.42. The van der Waals surface area contributed by atoms with Gasteiger partial charge in [-0.1, -0.05) is 6.92 Å². The summed E-state index contributed by atoms with van der Waals surface area (Å²) in [4.78, 5) is 1.33. The number of sulfonamides is 1. The molecule has 102 valence electrons. The van der Waals surface area contributed by atoms with E-state index in [1.54, 1.807) is 22.6 Å². The molecule has 1 N–H and O–H groups in total. The largest absolute Gasteiger partial charge is 0.316 e. The zero-order chi connectivity index (χ0) is 13.2. The Morgan fingerprint density at radius 2 is 2.33 bits per heavy atom. The van der Waals surface area contributed by atoms with Crippen molar-refractivity contribution < 1.29 is 8.42 Å². The summed E-state index contributed by atoms with van der Waals surface area (Å²) in [5.41, 5.74) is 1.17. The van der Waals surface area contributed by atoms with Gasteiger partial charge in [0.15, 0.2) is 0 Å². The third-order valence-corrected chi connectivity index (χ3v) is 6.56. The Labute approximate surface area is 113 Å². The smallest absolute Gasteiger partial charge is 0.218 e. The predicted octanol–water partition coefficient (Wildman–Crippen LogP) is 1.43. The Bertz CT molecular complexity index is 496. The van der Waals surface area contributed by atoms with E-state index in [0.29, 0.717) is 19.6 Å². The molecule has 0 saturated heterocycles. The second-order valence-electron chi connectivity index (χ2n) is 4.62. The molecule has 6 heteroatoms. The number of fused-ring (bicyclic) bond motifs is 1. The molecule has 18 heavy (non-hydrogen) atoms. The van der Waals surface area contributed by atoms with Crippen LogP contribution in [0.1, 0.15) is 24.3 Å². The number of hydrogen-bond donors (Lipinski definition) is 1. The quantitative estimate of drug-likeness (QED) is 0.892. The van der Waals surface area contributed by atoms with Gasteiger partial charge in [0.25, 0.3) is 0 Å². The molecule has 0 aliphatic carbocycles. The van der Waals surface area contributed by atoms with Crippen molar-refractivity contribution in [2.45, 2.75) is 32.1 Å². The standard InChI is InChI=1S/C12H20N2O2S2/c1-3-13-8-10(2)18(15,16)14-6-4-12-11(9-14)5-7-17-12/h5,7,10,13H,3-4,6,8-9H2,1-2H3. The van der Waals surface area contributed by atoms with Crippen molar-refractivity contribution >= 4 is 21.4 Å². The van der Waals surface area contributed by atoms with Crippen LogP contribution in [0.4, 0.5) is 0 Å². The van der Waals surface area contributed by atoms with Crippen molar-refractivity contribution in [1.29, 1.82) is 0 Å². The summed E-state index contributed by atoms with van der Waals surface area (Å²) in [6.07, 6.45) is 0.847. The van der Waals surface area contributed by atoms with Crippen LogP contribution in [-0.2, 0) is 23.0 Å². The lowest BCUT2D eigenvalue weighted by atomic mass is 10.1. The van der Waals surface area contributed by atoms with Gasteiger partial charge < -0.3 is 5.32 Å². The minimum Gasteiger partial charge on any atom is -0.316 e. The van der Waals surface area contributed by atoms with Crippen molar-refractivity contribution in [3.63, 3.8) is 0 Å². The first-order valence-corrected chi connectivity index (χ1v) is 8.69. The van der Waals surface area contributed by atoms with Crippen LogP contribution in [-0.4, -0.2) is 37.6 Å². The van der Waals surface area contributed by atoms with Crippen molar-refractivity contribution in [2.24, 2.45) is 0 Å². The molecular weight excluding hydrogens is 268 g/mol. The van der Waals surface area contributed by atoms with E-state index in [2.05, 4.69) is 5.32 Å². The van der Waals surface area contributed by atoms with E-state index in [0.717, 1.165) is 13.0 Å². The first-order chi connectivity index (χ1) is 8.55. The Hall–Kier alpha value is -0.430. The predicted molar refractivity (Wildman–Crippen MR) is 75.4 cm³/mol. The third kappa shape index (κ3) is 2.77. The van der Waals surface area contributed by atoms with Crippen molar-refractivity contribution in [3.8, 4) is 0 Å². The molecule has 1 aliphatic rings. The summed E-state index contributed by atoms with van der Waals surface area (Å²) in [6, 6.07) is 2.04. The highest BCUT2D eigenvalue weighted by Gasteiger charge is 2.31. The molecular formula is C12H20N2O2S2.